The largest absolute Gasteiger partial charge is 0.354 e. The van der Waals surface area contributed by atoms with E-state index in [0.717, 1.165) is 62.1 Å². The predicted molar refractivity (Wildman–Crippen MR) is 115 cm³/mol. The molecule has 27 heavy (non-hydrogen) atoms. The molecule has 0 unspecified atom stereocenters. The van der Waals surface area contributed by atoms with Crippen LogP contribution in [0.1, 0.15) is 17.5 Å². The summed E-state index contributed by atoms with van der Waals surface area (Å²) in [5.74, 6) is 1.99. The van der Waals surface area contributed by atoms with Crippen molar-refractivity contribution in [3.63, 3.8) is 0 Å². The van der Waals surface area contributed by atoms with Gasteiger partial charge in [-0.3, -0.25) is 4.98 Å². The Bertz CT molecular complexity index is 827. The molecule has 0 bridgehead atoms. The summed E-state index contributed by atoms with van der Waals surface area (Å²) in [6.07, 6.45) is 7.23. The smallest absolute Gasteiger partial charge is 0.147 e. The van der Waals surface area contributed by atoms with Gasteiger partial charge < -0.3 is 15.1 Å². The first kappa shape index (κ1) is 18.5. The Morgan fingerprint density at radius 3 is 2.93 bits per heavy atom. The highest BCUT2D eigenvalue weighted by atomic mass is 32.2. The first-order valence-corrected chi connectivity index (χ1v) is 10.6. The fourth-order valence-corrected chi connectivity index (χ4v) is 4.32. The lowest BCUT2D eigenvalue weighted by molar-refractivity contribution is 0.360. The fraction of sp³-hybridized carbons (Fsp3) is 0.429. The van der Waals surface area contributed by atoms with Crippen molar-refractivity contribution in [1.82, 2.24) is 20.2 Å². The van der Waals surface area contributed by atoms with Crippen LogP contribution >= 0.6 is 11.8 Å². The molecule has 142 valence electrons. The van der Waals surface area contributed by atoms with Crippen LogP contribution in [0.3, 0.4) is 0 Å². The van der Waals surface area contributed by atoms with E-state index in [9.17, 15) is 0 Å². The second kappa shape index (κ2) is 8.42. The number of hydrogen-bond donors (Lipinski definition) is 1. The highest BCUT2D eigenvalue weighted by Crippen LogP contribution is 2.27. The topological polar surface area (TPSA) is 44.3 Å². The summed E-state index contributed by atoms with van der Waals surface area (Å²) in [4.78, 5) is 15.6. The minimum Gasteiger partial charge on any atom is -0.354 e. The van der Waals surface area contributed by atoms with Crippen molar-refractivity contribution in [2.75, 3.05) is 50.5 Å². The van der Waals surface area contributed by atoms with Gasteiger partial charge >= 0.3 is 0 Å². The van der Waals surface area contributed by atoms with Gasteiger partial charge in [0.15, 0.2) is 0 Å². The number of nitrogens with one attached hydrogen (secondary N) is 1. The highest BCUT2D eigenvalue weighted by Gasteiger charge is 2.15. The normalized spacial score (nSPS) is 20.2. The Morgan fingerprint density at radius 1 is 1.15 bits per heavy atom. The molecule has 2 fully saturated rings. The summed E-state index contributed by atoms with van der Waals surface area (Å²) in [7, 11) is 2.19. The lowest BCUT2D eigenvalue weighted by Gasteiger charge is -2.21. The zero-order chi connectivity index (χ0) is 18.6. The average molecular weight is 382 g/mol. The third-order valence-corrected chi connectivity index (χ3v) is 6.20. The Hall–Kier alpha value is -1.89. The van der Waals surface area contributed by atoms with Crippen LogP contribution in [0.25, 0.3) is 17.3 Å². The summed E-state index contributed by atoms with van der Waals surface area (Å²) >= 11 is 1.88. The van der Waals surface area contributed by atoms with Crippen LogP contribution in [0, 0.1) is 6.92 Å². The van der Waals surface area contributed by atoms with Gasteiger partial charge in [0.2, 0.25) is 0 Å². The van der Waals surface area contributed by atoms with Gasteiger partial charge in [0.25, 0.3) is 0 Å². The second-order valence-corrected chi connectivity index (χ2v) is 8.41. The minimum absolute atomic E-state index is 0.946. The molecule has 4 rings (SSSR count). The monoisotopic (exact) mass is 381 g/mol. The maximum atomic E-state index is 4.94. The summed E-state index contributed by atoms with van der Waals surface area (Å²) in [5, 5.41) is 3.37. The lowest BCUT2D eigenvalue weighted by atomic mass is 10.0. The van der Waals surface area contributed by atoms with Gasteiger partial charge in [0.1, 0.15) is 5.82 Å². The Morgan fingerprint density at radius 2 is 2.07 bits per heavy atom. The molecule has 0 atom stereocenters. The minimum atomic E-state index is 0.946. The van der Waals surface area contributed by atoms with Crippen molar-refractivity contribution < 1.29 is 0 Å². The molecule has 0 spiro atoms. The maximum Gasteiger partial charge on any atom is 0.147 e. The molecule has 2 aliphatic heterocycles. The zero-order valence-electron chi connectivity index (χ0n) is 16.1. The number of nitrogens with zero attached hydrogens (tertiary/aromatic N) is 4. The molecule has 3 heterocycles. The standard InChI is InChI=1S/C21H27N5S/c1-16-4-5-17(10-18(16)11-19-12-23-15-27-19)20-13-22-14-21(24-20)26-7-3-6-25(2)8-9-26/h4-5,10-11,13-14,23H,3,6-9,12,15H2,1-2H3. The molecular formula is C21H27N5S. The first-order chi connectivity index (χ1) is 13.2. The predicted octanol–water partition coefficient (Wildman–Crippen LogP) is 3.23. The number of aryl methyl sites for hydroxylation is 1. The number of hydrogen-bond acceptors (Lipinski definition) is 6. The van der Waals surface area contributed by atoms with Gasteiger partial charge in [0.05, 0.1) is 18.1 Å². The molecule has 0 amide bonds. The summed E-state index contributed by atoms with van der Waals surface area (Å²) in [5.41, 5.74) is 4.63. The molecule has 2 aliphatic rings. The van der Waals surface area contributed by atoms with Crippen LogP contribution in [0.2, 0.25) is 0 Å². The van der Waals surface area contributed by atoms with Gasteiger partial charge in [-0.25, -0.2) is 4.98 Å². The summed E-state index contributed by atoms with van der Waals surface area (Å²) < 4.78 is 0. The molecule has 2 aromatic rings. The Balaban J connectivity index is 1.61. The van der Waals surface area contributed by atoms with E-state index in [-0.39, 0.29) is 0 Å². The van der Waals surface area contributed by atoms with Gasteiger partial charge in [-0.2, -0.15) is 0 Å². The average Bonchev–Trinajstić information content (AvgIpc) is 3.10. The maximum absolute atomic E-state index is 4.94. The molecule has 0 saturated carbocycles. The van der Waals surface area contributed by atoms with E-state index in [4.69, 9.17) is 4.98 Å². The van der Waals surface area contributed by atoms with E-state index in [0.29, 0.717) is 0 Å². The SMILES string of the molecule is Cc1ccc(-c2cncc(N3CCCN(C)CC3)n2)cc1C=C1CNCS1. The van der Waals surface area contributed by atoms with E-state index in [2.05, 4.69) is 58.3 Å². The molecule has 1 N–H and O–H groups in total. The summed E-state index contributed by atoms with van der Waals surface area (Å²) in [6.45, 7) is 7.39. The fourth-order valence-electron chi connectivity index (χ4n) is 3.51. The van der Waals surface area contributed by atoms with Crippen LogP contribution in [-0.2, 0) is 0 Å². The highest BCUT2D eigenvalue weighted by molar-refractivity contribution is 8.03. The Kier molecular flexibility index (Phi) is 5.76. The lowest BCUT2D eigenvalue weighted by Crippen LogP contribution is -2.29. The molecule has 6 heteroatoms. The third-order valence-electron chi connectivity index (χ3n) is 5.22. The van der Waals surface area contributed by atoms with Gasteiger partial charge in [0, 0.05) is 42.5 Å². The second-order valence-electron chi connectivity index (χ2n) is 7.30. The number of benzene rings is 1. The first-order valence-electron chi connectivity index (χ1n) is 9.60. The van der Waals surface area contributed by atoms with E-state index < -0.39 is 0 Å². The van der Waals surface area contributed by atoms with Crippen LogP contribution < -0.4 is 10.2 Å². The van der Waals surface area contributed by atoms with Crippen molar-refractivity contribution in [2.45, 2.75) is 13.3 Å². The zero-order valence-corrected chi connectivity index (χ0v) is 16.9. The van der Waals surface area contributed by atoms with Crippen LogP contribution in [0.4, 0.5) is 5.82 Å². The number of likely N-dealkylation sites (N-methyl/N-ethyl adjacent to an activating group) is 1. The molecule has 1 aromatic heterocycles. The van der Waals surface area contributed by atoms with Crippen molar-refractivity contribution in [2.24, 2.45) is 0 Å². The molecule has 5 nitrogen and oxygen atoms in total. The quantitative estimate of drug-likeness (QED) is 0.881. The Labute approximate surface area is 165 Å². The van der Waals surface area contributed by atoms with E-state index in [1.807, 2.05) is 24.2 Å². The van der Waals surface area contributed by atoms with Crippen LogP contribution in [-0.4, -0.2) is 60.5 Å². The number of rotatable bonds is 3. The number of thioether (sulfide) groups is 1. The molecule has 0 aliphatic carbocycles. The third kappa shape index (κ3) is 4.51. The van der Waals surface area contributed by atoms with Crippen molar-refractivity contribution in [3.8, 4) is 11.3 Å². The molecule has 2 saturated heterocycles. The molecule has 0 radical (unpaired) electrons. The number of aromatic nitrogens is 2. The number of anilines is 1. The summed E-state index contributed by atoms with van der Waals surface area (Å²) in [6, 6.07) is 6.58. The van der Waals surface area contributed by atoms with Gasteiger partial charge in [-0.15, -0.1) is 11.8 Å². The van der Waals surface area contributed by atoms with Crippen molar-refractivity contribution >= 4 is 23.7 Å². The molecule has 1 aromatic carbocycles. The van der Waals surface area contributed by atoms with Crippen LogP contribution in [0.5, 0.6) is 0 Å². The van der Waals surface area contributed by atoms with Crippen LogP contribution in [0.15, 0.2) is 35.5 Å². The van der Waals surface area contributed by atoms with E-state index in [1.54, 1.807) is 0 Å². The van der Waals surface area contributed by atoms with Crippen molar-refractivity contribution in [1.29, 1.82) is 0 Å². The van der Waals surface area contributed by atoms with Gasteiger partial charge in [-0.05, 0) is 50.2 Å². The van der Waals surface area contributed by atoms with E-state index in [1.165, 1.54) is 16.0 Å². The van der Waals surface area contributed by atoms with Gasteiger partial charge in [-0.1, -0.05) is 12.1 Å². The van der Waals surface area contributed by atoms with Crippen molar-refractivity contribution in [3.05, 3.63) is 46.6 Å². The van der Waals surface area contributed by atoms with E-state index >= 15 is 0 Å². The molecular weight excluding hydrogens is 354 g/mol.